The van der Waals surface area contributed by atoms with Gasteiger partial charge in [-0.15, -0.1) is 0 Å². The number of benzene rings is 1. The van der Waals surface area contributed by atoms with E-state index in [1.165, 1.54) is 43.4 Å². The Morgan fingerprint density at radius 3 is 2.26 bits per heavy atom. The van der Waals surface area contributed by atoms with Crippen molar-refractivity contribution in [3.63, 3.8) is 0 Å². The van der Waals surface area contributed by atoms with Crippen LogP contribution in [0.4, 0.5) is 0 Å². The monoisotopic (exact) mass is 274 g/mol. The largest absolute Gasteiger partial charge is 0.547 e. The van der Waals surface area contributed by atoms with Crippen LogP contribution in [0.15, 0.2) is 36.1 Å². The van der Waals surface area contributed by atoms with Gasteiger partial charge in [0.15, 0.2) is 0 Å². The molecule has 0 spiro atoms. The molecule has 1 saturated carbocycles. The SMILES string of the molecule is C[Si](C)(C)O/C(=C\c1ccccc1)C1CCCCC1. The van der Waals surface area contributed by atoms with Crippen molar-refractivity contribution < 1.29 is 4.43 Å². The lowest BCUT2D eigenvalue weighted by atomic mass is 9.87. The zero-order valence-electron chi connectivity index (χ0n) is 12.5. The molecule has 1 aliphatic rings. The molecule has 0 unspecified atom stereocenters. The van der Waals surface area contributed by atoms with Crippen molar-refractivity contribution >= 4 is 14.4 Å². The molecular weight excluding hydrogens is 248 g/mol. The van der Waals surface area contributed by atoms with Crippen LogP contribution in [0.25, 0.3) is 6.08 Å². The highest BCUT2D eigenvalue weighted by Gasteiger charge is 2.24. The number of hydrogen-bond acceptors (Lipinski definition) is 1. The minimum atomic E-state index is -1.53. The maximum atomic E-state index is 6.38. The second-order valence-corrected chi connectivity index (χ2v) is 10.9. The summed E-state index contributed by atoms with van der Waals surface area (Å²) in [6, 6.07) is 10.6. The van der Waals surface area contributed by atoms with Crippen molar-refractivity contribution in [1.82, 2.24) is 0 Å². The average Bonchev–Trinajstić information content (AvgIpc) is 2.39. The summed E-state index contributed by atoms with van der Waals surface area (Å²) in [7, 11) is -1.53. The van der Waals surface area contributed by atoms with Crippen molar-refractivity contribution in [2.75, 3.05) is 0 Å². The first-order valence-electron chi connectivity index (χ1n) is 7.50. The first kappa shape index (κ1) is 14.4. The summed E-state index contributed by atoms with van der Waals surface area (Å²) in [5.74, 6) is 1.88. The van der Waals surface area contributed by atoms with Gasteiger partial charge in [-0.3, -0.25) is 0 Å². The van der Waals surface area contributed by atoms with Crippen LogP contribution in [0.3, 0.4) is 0 Å². The summed E-state index contributed by atoms with van der Waals surface area (Å²) in [5, 5.41) is 0. The molecule has 0 bridgehead atoms. The highest BCUT2D eigenvalue weighted by molar-refractivity contribution is 6.70. The molecule has 0 radical (unpaired) electrons. The second kappa shape index (κ2) is 6.42. The predicted molar refractivity (Wildman–Crippen MR) is 85.4 cm³/mol. The van der Waals surface area contributed by atoms with E-state index in [-0.39, 0.29) is 0 Å². The first-order valence-corrected chi connectivity index (χ1v) is 10.9. The number of rotatable bonds is 4. The topological polar surface area (TPSA) is 9.23 Å². The average molecular weight is 274 g/mol. The van der Waals surface area contributed by atoms with Gasteiger partial charge in [-0.05, 0) is 44.1 Å². The van der Waals surface area contributed by atoms with E-state index in [2.05, 4.69) is 56.0 Å². The van der Waals surface area contributed by atoms with Crippen LogP contribution < -0.4 is 0 Å². The second-order valence-electron chi connectivity index (χ2n) is 6.51. The molecule has 0 saturated heterocycles. The Kier molecular flexibility index (Phi) is 4.86. The van der Waals surface area contributed by atoms with Gasteiger partial charge in [0, 0.05) is 5.92 Å². The highest BCUT2D eigenvalue weighted by atomic mass is 28.4. The molecule has 1 aliphatic carbocycles. The van der Waals surface area contributed by atoms with E-state index < -0.39 is 8.32 Å². The third-order valence-electron chi connectivity index (χ3n) is 3.54. The van der Waals surface area contributed by atoms with Gasteiger partial charge >= 0.3 is 0 Å². The minimum Gasteiger partial charge on any atom is -0.547 e. The summed E-state index contributed by atoms with van der Waals surface area (Å²) in [6.07, 6.45) is 8.96. The van der Waals surface area contributed by atoms with E-state index >= 15 is 0 Å². The summed E-state index contributed by atoms with van der Waals surface area (Å²) in [4.78, 5) is 0. The summed E-state index contributed by atoms with van der Waals surface area (Å²) >= 11 is 0. The van der Waals surface area contributed by atoms with Gasteiger partial charge < -0.3 is 4.43 Å². The van der Waals surface area contributed by atoms with E-state index in [4.69, 9.17) is 4.43 Å². The van der Waals surface area contributed by atoms with Gasteiger partial charge in [0.25, 0.3) is 0 Å². The van der Waals surface area contributed by atoms with Gasteiger partial charge in [0.05, 0.1) is 5.76 Å². The lowest BCUT2D eigenvalue weighted by Gasteiger charge is -2.30. The molecule has 0 aromatic heterocycles. The molecule has 2 heteroatoms. The van der Waals surface area contributed by atoms with E-state index in [9.17, 15) is 0 Å². The third-order valence-corrected chi connectivity index (χ3v) is 4.39. The zero-order chi connectivity index (χ0) is 13.7. The standard InChI is InChI=1S/C17H26OSi/c1-19(2,3)18-17(16-12-8-5-9-13-16)14-15-10-6-4-7-11-15/h4,6-7,10-11,14,16H,5,8-9,12-13H2,1-3H3/b17-14-. The van der Waals surface area contributed by atoms with Gasteiger partial charge in [-0.25, -0.2) is 0 Å². The van der Waals surface area contributed by atoms with Gasteiger partial charge in [0.1, 0.15) is 0 Å². The van der Waals surface area contributed by atoms with Crippen molar-refractivity contribution in [3.8, 4) is 0 Å². The van der Waals surface area contributed by atoms with Crippen molar-refractivity contribution in [1.29, 1.82) is 0 Å². The van der Waals surface area contributed by atoms with Crippen LogP contribution in [0.5, 0.6) is 0 Å². The fraction of sp³-hybridized carbons (Fsp3) is 0.529. The maximum Gasteiger partial charge on any atom is 0.241 e. The molecule has 19 heavy (non-hydrogen) atoms. The van der Waals surface area contributed by atoms with E-state index in [0.717, 1.165) is 0 Å². The van der Waals surface area contributed by atoms with Crippen LogP contribution in [-0.2, 0) is 4.43 Å². The van der Waals surface area contributed by atoms with Crippen LogP contribution >= 0.6 is 0 Å². The van der Waals surface area contributed by atoms with Crippen molar-refractivity contribution in [2.24, 2.45) is 5.92 Å². The summed E-state index contributed by atoms with van der Waals surface area (Å²) in [5.41, 5.74) is 1.27. The molecule has 1 fully saturated rings. The molecule has 1 aromatic rings. The summed E-state index contributed by atoms with van der Waals surface area (Å²) < 4.78 is 6.38. The van der Waals surface area contributed by atoms with Crippen molar-refractivity contribution in [2.45, 2.75) is 51.7 Å². The first-order chi connectivity index (χ1) is 9.04. The van der Waals surface area contributed by atoms with E-state index in [1.54, 1.807) is 0 Å². The third kappa shape index (κ3) is 4.87. The van der Waals surface area contributed by atoms with Crippen LogP contribution in [0, 0.1) is 5.92 Å². The molecule has 104 valence electrons. The molecule has 0 atom stereocenters. The Morgan fingerprint density at radius 2 is 1.68 bits per heavy atom. The number of hydrogen-bond donors (Lipinski definition) is 0. The lowest BCUT2D eigenvalue weighted by molar-refractivity contribution is 0.289. The molecule has 1 nitrogen and oxygen atoms in total. The molecule has 0 aliphatic heterocycles. The molecule has 0 N–H and O–H groups in total. The Morgan fingerprint density at radius 1 is 1.05 bits per heavy atom. The number of allylic oxidation sites excluding steroid dienone is 1. The molecule has 0 amide bonds. The Labute approximate surface area is 118 Å². The quantitative estimate of drug-likeness (QED) is 0.523. The van der Waals surface area contributed by atoms with E-state index in [0.29, 0.717) is 5.92 Å². The van der Waals surface area contributed by atoms with Gasteiger partial charge in [0.2, 0.25) is 8.32 Å². The van der Waals surface area contributed by atoms with Gasteiger partial charge in [-0.2, -0.15) is 0 Å². The Balaban J connectivity index is 2.20. The minimum absolute atomic E-state index is 0.640. The van der Waals surface area contributed by atoms with Crippen LogP contribution in [-0.4, -0.2) is 8.32 Å². The molecule has 1 aromatic carbocycles. The normalized spacial score (nSPS) is 18.4. The van der Waals surface area contributed by atoms with Gasteiger partial charge in [-0.1, -0.05) is 49.6 Å². The molecule has 0 heterocycles. The van der Waals surface area contributed by atoms with Crippen LogP contribution in [0.1, 0.15) is 37.7 Å². The fourth-order valence-corrected chi connectivity index (χ4v) is 3.62. The van der Waals surface area contributed by atoms with E-state index in [1.807, 2.05) is 0 Å². The predicted octanol–water partition coefficient (Wildman–Crippen LogP) is 5.46. The molecular formula is C17H26OSi. The highest BCUT2D eigenvalue weighted by Crippen LogP contribution is 2.33. The molecule has 2 rings (SSSR count). The van der Waals surface area contributed by atoms with Crippen molar-refractivity contribution in [3.05, 3.63) is 41.7 Å². The Bertz CT molecular complexity index is 411. The maximum absolute atomic E-state index is 6.38. The van der Waals surface area contributed by atoms with Crippen LogP contribution in [0.2, 0.25) is 19.6 Å². The lowest BCUT2D eigenvalue weighted by Crippen LogP contribution is -2.27. The zero-order valence-corrected chi connectivity index (χ0v) is 13.5. The Hall–Kier alpha value is -1.02. The fourth-order valence-electron chi connectivity index (χ4n) is 2.68. The summed E-state index contributed by atoms with van der Waals surface area (Å²) in [6.45, 7) is 6.82. The smallest absolute Gasteiger partial charge is 0.241 e.